The van der Waals surface area contributed by atoms with Crippen LogP contribution in [-0.2, 0) is 4.79 Å². The van der Waals surface area contributed by atoms with Gasteiger partial charge < -0.3 is 10.2 Å². The molecule has 1 aromatic rings. The fourth-order valence-electron chi connectivity index (χ4n) is 2.30. The van der Waals surface area contributed by atoms with E-state index in [4.69, 9.17) is 12.2 Å². The van der Waals surface area contributed by atoms with Crippen LogP contribution in [0.5, 0.6) is 0 Å². The summed E-state index contributed by atoms with van der Waals surface area (Å²) in [5, 5.41) is 3.22. The van der Waals surface area contributed by atoms with Crippen molar-refractivity contribution >= 4 is 28.9 Å². The van der Waals surface area contributed by atoms with Gasteiger partial charge in [-0.25, -0.2) is 9.38 Å². The van der Waals surface area contributed by atoms with Gasteiger partial charge in [0.25, 0.3) is 0 Å². The fraction of sp³-hybridized carbons (Fsp3) is 0.357. The van der Waals surface area contributed by atoms with Crippen molar-refractivity contribution in [3.8, 4) is 0 Å². The number of halogens is 1. The molecule has 0 aromatic heterocycles. The summed E-state index contributed by atoms with van der Waals surface area (Å²) in [6, 6.07) is 5.85. The molecule has 20 heavy (non-hydrogen) atoms. The molecule has 0 fully saturated rings. The van der Waals surface area contributed by atoms with Crippen molar-refractivity contribution in [1.29, 1.82) is 0 Å². The van der Waals surface area contributed by atoms with E-state index < -0.39 is 12.0 Å². The van der Waals surface area contributed by atoms with Gasteiger partial charge in [-0.2, -0.15) is 0 Å². The highest BCUT2D eigenvalue weighted by Crippen LogP contribution is 2.29. The van der Waals surface area contributed by atoms with Crippen LogP contribution in [0.4, 0.5) is 4.39 Å². The number of carbonyl (C=O) groups excluding carboxylic acids is 1. The van der Waals surface area contributed by atoms with Crippen molar-refractivity contribution in [1.82, 2.24) is 10.2 Å². The number of aliphatic imine (C=N–C) groups is 1. The van der Waals surface area contributed by atoms with Gasteiger partial charge >= 0.3 is 0 Å². The van der Waals surface area contributed by atoms with E-state index in [1.807, 2.05) is 0 Å². The van der Waals surface area contributed by atoms with E-state index in [0.29, 0.717) is 11.3 Å². The van der Waals surface area contributed by atoms with E-state index >= 15 is 0 Å². The molecule has 1 aliphatic heterocycles. The molecule has 106 valence electrons. The third kappa shape index (κ3) is 2.70. The van der Waals surface area contributed by atoms with Gasteiger partial charge in [0.05, 0.1) is 6.04 Å². The van der Waals surface area contributed by atoms with Crippen molar-refractivity contribution in [3.05, 3.63) is 35.6 Å². The number of hydrogen-bond donors (Lipinski definition) is 1. The van der Waals surface area contributed by atoms with Crippen molar-refractivity contribution < 1.29 is 9.18 Å². The average molecular weight is 293 g/mol. The maximum Gasteiger partial charge on any atom is 0.233 e. The molecule has 0 spiro atoms. The van der Waals surface area contributed by atoms with Crippen LogP contribution in [0.2, 0.25) is 0 Å². The van der Waals surface area contributed by atoms with Crippen LogP contribution in [0.1, 0.15) is 18.5 Å². The lowest BCUT2D eigenvalue weighted by molar-refractivity contribution is -0.131. The van der Waals surface area contributed by atoms with E-state index in [9.17, 15) is 9.18 Å². The molecule has 2 rings (SSSR count). The zero-order valence-corrected chi connectivity index (χ0v) is 12.4. The molecular weight excluding hydrogens is 277 g/mol. The van der Waals surface area contributed by atoms with Crippen LogP contribution in [0.15, 0.2) is 29.3 Å². The number of nitrogens with zero attached hydrogens (tertiary/aromatic N) is 2. The Morgan fingerprint density at radius 1 is 1.40 bits per heavy atom. The molecule has 0 bridgehead atoms. The number of thiocarbonyl (C=S) groups is 1. The SMILES string of the molecule is CC1=NC(=S)NC(c2ccccc2F)C1C(=O)N(C)C. The molecule has 1 heterocycles. The third-order valence-corrected chi connectivity index (χ3v) is 3.50. The Morgan fingerprint density at radius 3 is 2.65 bits per heavy atom. The quantitative estimate of drug-likeness (QED) is 0.847. The smallest absolute Gasteiger partial charge is 0.233 e. The fourth-order valence-corrected chi connectivity index (χ4v) is 2.57. The molecule has 1 amide bonds. The van der Waals surface area contributed by atoms with Crippen molar-refractivity contribution in [2.45, 2.75) is 13.0 Å². The summed E-state index contributed by atoms with van der Waals surface area (Å²) in [7, 11) is 3.34. The second-order valence-electron chi connectivity index (χ2n) is 4.91. The Hall–Kier alpha value is -1.82. The second kappa shape index (κ2) is 5.66. The molecule has 0 saturated carbocycles. The van der Waals surface area contributed by atoms with Gasteiger partial charge in [0.15, 0.2) is 5.11 Å². The predicted octanol–water partition coefficient (Wildman–Crippen LogP) is 1.92. The average Bonchev–Trinajstić information content (AvgIpc) is 2.37. The monoisotopic (exact) mass is 293 g/mol. The summed E-state index contributed by atoms with van der Waals surface area (Å²) in [5.74, 6) is -1.05. The third-order valence-electron chi connectivity index (χ3n) is 3.29. The summed E-state index contributed by atoms with van der Waals surface area (Å²) in [4.78, 5) is 18.0. The number of hydrogen-bond acceptors (Lipinski definition) is 2. The minimum Gasteiger partial charge on any atom is -0.353 e. The first-order chi connectivity index (χ1) is 9.41. The van der Waals surface area contributed by atoms with Crippen LogP contribution in [0.25, 0.3) is 0 Å². The highest BCUT2D eigenvalue weighted by atomic mass is 32.1. The van der Waals surface area contributed by atoms with Crippen molar-refractivity contribution in [2.75, 3.05) is 14.1 Å². The van der Waals surface area contributed by atoms with Gasteiger partial charge in [-0.05, 0) is 25.2 Å². The lowest BCUT2D eigenvalue weighted by Gasteiger charge is -2.33. The van der Waals surface area contributed by atoms with Gasteiger partial charge in [-0.3, -0.25) is 4.79 Å². The number of amides is 1. The summed E-state index contributed by atoms with van der Waals surface area (Å²) in [6.07, 6.45) is 0. The predicted molar refractivity (Wildman–Crippen MR) is 80.2 cm³/mol. The number of rotatable bonds is 2. The van der Waals surface area contributed by atoms with Gasteiger partial charge in [0.1, 0.15) is 11.7 Å². The summed E-state index contributed by atoms with van der Waals surface area (Å²) in [5.41, 5.74) is 1.02. The molecule has 0 saturated heterocycles. The van der Waals surface area contributed by atoms with Gasteiger partial charge in [0.2, 0.25) is 5.91 Å². The second-order valence-corrected chi connectivity index (χ2v) is 5.30. The van der Waals surface area contributed by atoms with Gasteiger partial charge in [-0.15, -0.1) is 0 Å². The largest absolute Gasteiger partial charge is 0.353 e. The normalized spacial score (nSPS) is 22.0. The summed E-state index contributed by atoms with van der Waals surface area (Å²) >= 11 is 5.06. The Labute approximate surface area is 122 Å². The Morgan fingerprint density at radius 2 is 2.05 bits per heavy atom. The molecule has 1 aromatic carbocycles. The van der Waals surface area contributed by atoms with Gasteiger partial charge in [-0.1, -0.05) is 18.2 Å². The van der Waals surface area contributed by atoms with E-state index in [2.05, 4.69) is 10.3 Å². The van der Waals surface area contributed by atoms with E-state index in [-0.39, 0.29) is 16.8 Å². The standard InChI is InChI=1S/C14H16FN3OS/c1-8-11(13(19)18(2)3)12(17-14(20)16-8)9-6-4-5-7-10(9)15/h4-7,11-12H,1-3H3,(H,17,20). The van der Waals surface area contributed by atoms with Crippen molar-refractivity contribution in [3.63, 3.8) is 0 Å². The van der Waals surface area contributed by atoms with Crippen LogP contribution in [-0.4, -0.2) is 35.7 Å². The van der Waals surface area contributed by atoms with Gasteiger partial charge in [0, 0.05) is 25.4 Å². The lowest BCUT2D eigenvalue weighted by atomic mass is 9.87. The first-order valence-electron chi connectivity index (χ1n) is 6.23. The van der Waals surface area contributed by atoms with Crippen LogP contribution >= 0.6 is 12.2 Å². The molecule has 4 nitrogen and oxygen atoms in total. The molecule has 6 heteroatoms. The molecule has 0 aliphatic carbocycles. The first-order valence-corrected chi connectivity index (χ1v) is 6.64. The Kier molecular flexibility index (Phi) is 4.13. The number of benzene rings is 1. The highest BCUT2D eigenvalue weighted by Gasteiger charge is 2.37. The molecule has 1 N–H and O–H groups in total. The van der Waals surface area contributed by atoms with Crippen LogP contribution < -0.4 is 5.32 Å². The minimum atomic E-state index is -0.561. The minimum absolute atomic E-state index is 0.130. The zero-order valence-electron chi connectivity index (χ0n) is 11.6. The summed E-state index contributed by atoms with van der Waals surface area (Å²) in [6.45, 7) is 1.74. The van der Waals surface area contributed by atoms with Crippen LogP contribution in [0.3, 0.4) is 0 Å². The van der Waals surface area contributed by atoms with E-state index in [1.54, 1.807) is 39.2 Å². The lowest BCUT2D eigenvalue weighted by Crippen LogP contribution is -2.47. The van der Waals surface area contributed by atoms with Crippen LogP contribution in [0, 0.1) is 11.7 Å². The molecule has 2 atom stereocenters. The molecular formula is C14H16FN3OS. The molecule has 0 radical (unpaired) electrons. The zero-order chi connectivity index (χ0) is 14.9. The van der Waals surface area contributed by atoms with E-state index in [0.717, 1.165) is 0 Å². The summed E-state index contributed by atoms with van der Waals surface area (Å²) < 4.78 is 14.0. The molecule has 1 aliphatic rings. The molecule has 2 unspecified atom stereocenters. The van der Waals surface area contributed by atoms with Crippen molar-refractivity contribution in [2.24, 2.45) is 10.9 Å². The number of carbonyl (C=O) groups is 1. The highest BCUT2D eigenvalue weighted by molar-refractivity contribution is 7.80. The first kappa shape index (κ1) is 14.6. The maximum atomic E-state index is 14.0. The maximum absolute atomic E-state index is 14.0. The Bertz CT molecular complexity index is 586. The number of nitrogens with one attached hydrogen (secondary N) is 1. The topological polar surface area (TPSA) is 44.7 Å². The van der Waals surface area contributed by atoms with E-state index in [1.165, 1.54) is 11.0 Å². The Balaban J connectivity index is 2.49.